The Hall–Kier alpha value is -1.70. The van der Waals surface area contributed by atoms with Gasteiger partial charge in [0, 0.05) is 10.9 Å². The number of hydrogen-bond donors (Lipinski definition) is 1. The highest BCUT2D eigenvalue weighted by atomic mass is 32.1. The van der Waals surface area contributed by atoms with Crippen LogP contribution >= 0.6 is 22.7 Å². The van der Waals surface area contributed by atoms with E-state index in [1.807, 2.05) is 6.07 Å². The van der Waals surface area contributed by atoms with Crippen molar-refractivity contribution in [2.45, 2.75) is 25.8 Å². The van der Waals surface area contributed by atoms with Gasteiger partial charge in [-0.15, -0.1) is 22.7 Å². The van der Waals surface area contributed by atoms with Crippen LogP contribution < -0.4 is 5.32 Å². The van der Waals surface area contributed by atoms with E-state index >= 15 is 0 Å². The highest BCUT2D eigenvalue weighted by Crippen LogP contribution is 2.34. The molecule has 3 rings (SSSR count). The summed E-state index contributed by atoms with van der Waals surface area (Å²) in [6.07, 6.45) is 2.18. The first-order chi connectivity index (χ1) is 11.7. The molecule has 128 valence electrons. The normalized spacial score (nSPS) is 17.8. The van der Waals surface area contributed by atoms with Gasteiger partial charge in [0.05, 0.1) is 18.7 Å². The van der Waals surface area contributed by atoms with Gasteiger partial charge in [0.25, 0.3) is 0 Å². The Balaban J connectivity index is 1.62. The zero-order chi connectivity index (χ0) is 16.9. The molecule has 24 heavy (non-hydrogen) atoms. The van der Waals surface area contributed by atoms with Gasteiger partial charge in [-0.1, -0.05) is 6.07 Å². The van der Waals surface area contributed by atoms with Crippen LogP contribution in [0.25, 0.3) is 0 Å². The second-order valence-electron chi connectivity index (χ2n) is 5.58. The van der Waals surface area contributed by atoms with Gasteiger partial charge in [-0.2, -0.15) is 0 Å². The molecule has 1 amide bonds. The topological polar surface area (TPSA) is 58.6 Å². The lowest BCUT2D eigenvalue weighted by molar-refractivity contribution is -0.117. The average Bonchev–Trinajstić information content (AvgIpc) is 3.28. The largest absolute Gasteiger partial charge is 0.462 e. The van der Waals surface area contributed by atoms with E-state index in [0.29, 0.717) is 29.8 Å². The number of likely N-dealkylation sites (tertiary alicyclic amines) is 1. The molecule has 2 aromatic rings. The quantitative estimate of drug-likeness (QED) is 0.793. The first-order valence-electron chi connectivity index (χ1n) is 8.01. The van der Waals surface area contributed by atoms with Crippen molar-refractivity contribution in [1.29, 1.82) is 0 Å². The molecule has 1 fully saturated rings. The summed E-state index contributed by atoms with van der Waals surface area (Å²) in [4.78, 5) is 27.8. The van der Waals surface area contributed by atoms with Crippen molar-refractivity contribution in [3.63, 3.8) is 0 Å². The first-order valence-corrected chi connectivity index (χ1v) is 9.77. The maximum absolute atomic E-state index is 12.4. The Morgan fingerprint density at radius 2 is 2.21 bits per heavy atom. The lowest BCUT2D eigenvalue weighted by Gasteiger charge is -2.22. The number of thiophene rings is 2. The van der Waals surface area contributed by atoms with Crippen LogP contribution in [0.15, 0.2) is 29.0 Å². The third-order valence-electron chi connectivity index (χ3n) is 4.00. The number of carbonyl (C=O) groups is 2. The van der Waals surface area contributed by atoms with Gasteiger partial charge in [0.15, 0.2) is 0 Å². The molecule has 0 saturated carbocycles. The predicted molar refractivity (Wildman–Crippen MR) is 96.8 cm³/mol. The first kappa shape index (κ1) is 17.1. The van der Waals surface area contributed by atoms with Crippen LogP contribution in [0.5, 0.6) is 0 Å². The number of carbonyl (C=O) groups excluding carboxylic acids is 2. The summed E-state index contributed by atoms with van der Waals surface area (Å²) < 4.78 is 5.02. The maximum atomic E-state index is 12.4. The zero-order valence-electron chi connectivity index (χ0n) is 13.5. The Morgan fingerprint density at radius 1 is 1.33 bits per heavy atom. The molecule has 3 heterocycles. The van der Waals surface area contributed by atoms with Gasteiger partial charge in [-0.05, 0) is 49.2 Å². The number of ether oxygens (including phenoxy) is 1. The van der Waals surface area contributed by atoms with Crippen LogP contribution in [0.1, 0.15) is 41.0 Å². The smallest absolute Gasteiger partial charge is 0.341 e. The SMILES string of the molecule is CCOC(=O)c1ccsc1NC(=O)CN1CCCC1c1cccs1. The van der Waals surface area contributed by atoms with Gasteiger partial charge in [0.2, 0.25) is 5.91 Å². The summed E-state index contributed by atoms with van der Waals surface area (Å²) >= 11 is 3.07. The summed E-state index contributed by atoms with van der Waals surface area (Å²) in [6.45, 7) is 3.34. The molecular formula is C17H20N2O3S2. The molecule has 0 bridgehead atoms. The summed E-state index contributed by atoms with van der Waals surface area (Å²) in [6, 6.07) is 6.18. The van der Waals surface area contributed by atoms with Crippen LogP contribution in [-0.4, -0.2) is 36.5 Å². The third kappa shape index (κ3) is 3.85. The molecular weight excluding hydrogens is 344 g/mol. The second-order valence-corrected chi connectivity index (χ2v) is 7.47. The van der Waals surface area contributed by atoms with Crippen molar-refractivity contribution < 1.29 is 14.3 Å². The summed E-state index contributed by atoms with van der Waals surface area (Å²) in [5, 5.41) is 7.28. The Labute approximate surface area is 149 Å². The molecule has 0 aromatic carbocycles. The monoisotopic (exact) mass is 364 g/mol. The molecule has 1 unspecified atom stereocenters. The lowest BCUT2D eigenvalue weighted by Crippen LogP contribution is -2.32. The molecule has 0 radical (unpaired) electrons. The number of hydrogen-bond acceptors (Lipinski definition) is 6. The van der Waals surface area contributed by atoms with Crippen molar-refractivity contribution in [3.8, 4) is 0 Å². The zero-order valence-corrected chi connectivity index (χ0v) is 15.1. The summed E-state index contributed by atoms with van der Waals surface area (Å²) in [5.74, 6) is -0.488. The molecule has 1 saturated heterocycles. The van der Waals surface area contributed by atoms with Crippen LogP contribution in [0.2, 0.25) is 0 Å². The molecule has 1 N–H and O–H groups in total. The predicted octanol–water partition coefficient (Wildman–Crippen LogP) is 3.76. The van der Waals surface area contributed by atoms with E-state index < -0.39 is 5.97 Å². The van der Waals surface area contributed by atoms with Gasteiger partial charge in [-0.3, -0.25) is 9.69 Å². The van der Waals surface area contributed by atoms with Gasteiger partial charge in [0.1, 0.15) is 5.00 Å². The maximum Gasteiger partial charge on any atom is 0.341 e. The fraction of sp³-hybridized carbons (Fsp3) is 0.412. The lowest BCUT2D eigenvalue weighted by atomic mass is 10.2. The van der Waals surface area contributed by atoms with Gasteiger partial charge < -0.3 is 10.1 Å². The number of nitrogens with zero attached hydrogens (tertiary/aromatic N) is 1. The number of esters is 1. The van der Waals surface area contributed by atoms with E-state index in [1.165, 1.54) is 16.2 Å². The number of rotatable bonds is 6. The number of nitrogens with one attached hydrogen (secondary N) is 1. The van der Waals surface area contributed by atoms with E-state index in [9.17, 15) is 9.59 Å². The highest BCUT2D eigenvalue weighted by Gasteiger charge is 2.28. The van der Waals surface area contributed by atoms with E-state index in [0.717, 1.165) is 19.4 Å². The van der Waals surface area contributed by atoms with Crippen LogP contribution in [-0.2, 0) is 9.53 Å². The van der Waals surface area contributed by atoms with Crippen LogP contribution in [0.4, 0.5) is 5.00 Å². The van der Waals surface area contributed by atoms with Crippen LogP contribution in [0.3, 0.4) is 0 Å². The number of anilines is 1. The van der Waals surface area contributed by atoms with Gasteiger partial charge in [-0.25, -0.2) is 4.79 Å². The molecule has 0 aliphatic carbocycles. The standard InChI is InChI=1S/C17H20N2O3S2/c1-2-22-17(21)12-7-10-24-16(12)18-15(20)11-19-8-3-5-13(19)14-6-4-9-23-14/h4,6-7,9-10,13H,2-3,5,8,11H2,1H3,(H,18,20). The van der Waals surface area contributed by atoms with Gasteiger partial charge >= 0.3 is 5.97 Å². The summed E-state index contributed by atoms with van der Waals surface area (Å²) in [7, 11) is 0. The minimum atomic E-state index is -0.397. The van der Waals surface area contributed by atoms with Crippen molar-refractivity contribution in [1.82, 2.24) is 4.90 Å². The minimum absolute atomic E-state index is 0.0912. The van der Waals surface area contributed by atoms with Crippen molar-refractivity contribution in [2.24, 2.45) is 0 Å². The van der Waals surface area contributed by atoms with E-state index in [2.05, 4.69) is 21.7 Å². The molecule has 7 heteroatoms. The Kier molecular flexibility index (Phi) is 5.65. The molecule has 1 aliphatic heterocycles. The fourth-order valence-electron chi connectivity index (χ4n) is 2.94. The highest BCUT2D eigenvalue weighted by molar-refractivity contribution is 7.14. The van der Waals surface area contributed by atoms with E-state index in [4.69, 9.17) is 4.74 Å². The van der Waals surface area contributed by atoms with Crippen LogP contribution in [0, 0.1) is 0 Å². The Bertz CT molecular complexity index is 697. The molecule has 1 aliphatic rings. The molecule has 0 spiro atoms. The molecule has 2 aromatic heterocycles. The Morgan fingerprint density at radius 3 is 2.96 bits per heavy atom. The minimum Gasteiger partial charge on any atom is -0.462 e. The van der Waals surface area contributed by atoms with E-state index in [-0.39, 0.29) is 5.91 Å². The fourth-order valence-corrected chi connectivity index (χ4v) is 4.63. The molecule has 1 atom stereocenters. The van der Waals surface area contributed by atoms with Crippen molar-refractivity contribution in [3.05, 3.63) is 39.4 Å². The molecule has 5 nitrogen and oxygen atoms in total. The third-order valence-corrected chi connectivity index (χ3v) is 5.80. The average molecular weight is 364 g/mol. The van der Waals surface area contributed by atoms with Crippen molar-refractivity contribution in [2.75, 3.05) is 25.0 Å². The van der Waals surface area contributed by atoms with Crippen molar-refractivity contribution >= 4 is 39.6 Å². The summed E-state index contributed by atoms with van der Waals surface area (Å²) in [5.41, 5.74) is 0.423. The second kappa shape index (κ2) is 7.92. The number of amides is 1. The van der Waals surface area contributed by atoms with E-state index in [1.54, 1.807) is 29.7 Å².